The summed E-state index contributed by atoms with van der Waals surface area (Å²) in [6.07, 6.45) is 0.701. The molecule has 0 amide bonds. The van der Waals surface area contributed by atoms with Crippen molar-refractivity contribution in [2.45, 2.75) is 36.0 Å². The summed E-state index contributed by atoms with van der Waals surface area (Å²) >= 11 is 7.28. The number of methoxy groups -OCH3 is 3. The van der Waals surface area contributed by atoms with Crippen LogP contribution in [0.25, 0.3) is 0 Å². The highest BCUT2D eigenvalue weighted by molar-refractivity contribution is 9.12. The quantitative estimate of drug-likeness (QED) is 0.631. The molecular weight excluding hydrogens is 408 g/mol. The number of alkyl halides is 1. The lowest BCUT2D eigenvalue weighted by molar-refractivity contribution is -0.233. The average molecular weight is 428 g/mol. The van der Waals surface area contributed by atoms with Crippen LogP contribution in [0.5, 0.6) is 0 Å². The van der Waals surface area contributed by atoms with Crippen LogP contribution < -0.4 is 0 Å². The molecule has 1 fully saturated rings. The molecule has 120 valence electrons. The fourth-order valence-corrected chi connectivity index (χ4v) is 6.08. The monoisotopic (exact) mass is 426 g/mol. The van der Waals surface area contributed by atoms with Crippen LogP contribution in [0.2, 0.25) is 0 Å². The highest BCUT2D eigenvalue weighted by Gasteiger charge is 2.76. The van der Waals surface area contributed by atoms with Gasteiger partial charge in [-0.15, -0.1) is 0 Å². The van der Waals surface area contributed by atoms with Crippen molar-refractivity contribution >= 4 is 37.6 Å². The molecule has 1 aliphatic heterocycles. The molecule has 0 spiro atoms. The zero-order valence-corrected chi connectivity index (χ0v) is 16.0. The summed E-state index contributed by atoms with van der Waals surface area (Å²) < 4.78 is 22.3. The van der Waals surface area contributed by atoms with Crippen LogP contribution >= 0.6 is 31.9 Å². The van der Waals surface area contributed by atoms with E-state index in [4.69, 9.17) is 18.9 Å². The summed E-state index contributed by atoms with van der Waals surface area (Å²) in [5.74, 6) is -1.16. The largest absolute Gasteiger partial charge is 0.499 e. The Morgan fingerprint density at radius 3 is 2.48 bits per heavy atom. The van der Waals surface area contributed by atoms with Crippen molar-refractivity contribution in [2.24, 2.45) is 5.92 Å². The van der Waals surface area contributed by atoms with Crippen molar-refractivity contribution < 1.29 is 23.7 Å². The van der Waals surface area contributed by atoms with Crippen LogP contribution in [0.15, 0.2) is 10.2 Å². The molecule has 0 unspecified atom stereocenters. The molecule has 21 heavy (non-hydrogen) atoms. The molecule has 0 N–H and O–H groups in total. The van der Waals surface area contributed by atoms with Gasteiger partial charge in [0.15, 0.2) is 4.32 Å². The number of hydrogen-bond donors (Lipinski definition) is 0. The van der Waals surface area contributed by atoms with Crippen LogP contribution in [0, 0.1) is 5.92 Å². The number of halogens is 2. The Morgan fingerprint density at radius 1 is 1.38 bits per heavy atom. The Morgan fingerprint density at radius 2 is 2.00 bits per heavy atom. The van der Waals surface area contributed by atoms with Crippen molar-refractivity contribution in [3.05, 3.63) is 10.2 Å². The van der Waals surface area contributed by atoms with Crippen LogP contribution in [0.1, 0.15) is 20.3 Å². The van der Waals surface area contributed by atoms with Gasteiger partial charge in [0.2, 0.25) is 5.78 Å². The second-order valence-electron chi connectivity index (χ2n) is 5.79. The van der Waals surface area contributed by atoms with Crippen molar-refractivity contribution in [1.29, 1.82) is 0 Å². The van der Waals surface area contributed by atoms with E-state index in [2.05, 4.69) is 31.9 Å². The van der Waals surface area contributed by atoms with Gasteiger partial charge in [-0.1, -0.05) is 31.9 Å². The third-order valence-electron chi connectivity index (χ3n) is 4.30. The Kier molecular flexibility index (Phi) is 4.64. The molecule has 2 aliphatic rings. The fourth-order valence-electron chi connectivity index (χ4n) is 3.44. The van der Waals surface area contributed by atoms with E-state index in [0.29, 0.717) is 12.2 Å². The maximum absolute atomic E-state index is 12.7. The number of Topliss-reactive ketones (excluding diaryl/α,β-unsaturated/α-hetero) is 1. The van der Waals surface area contributed by atoms with E-state index >= 15 is 0 Å². The molecule has 1 aliphatic carbocycles. The maximum Gasteiger partial charge on any atom is 0.255 e. The first kappa shape index (κ1) is 17.4. The van der Waals surface area contributed by atoms with E-state index in [1.807, 2.05) is 13.8 Å². The molecule has 1 heterocycles. The summed E-state index contributed by atoms with van der Waals surface area (Å²) in [5, 5.41) is 0. The van der Waals surface area contributed by atoms with Gasteiger partial charge in [-0.3, -0.25) is 4.79 Å². The summed E-state index contributed by atoms with van der Waals surface area (Å²) in [5.41, 5.74) is -0.567. The highest BCUT2D eigenvalue weighted by Crippen LogP contribution is 2.65. The topological polar surface area (TPSA) is 54.0 Å². The number of fused-ring (bicyclic) bond motifs is 1. The van der Waals surface area contributed by atoms with E-state index in [0.717, 1.165) is 4.48 Å². The summed E-state index contributed by atoms with van der Waals surface area (Å²) in [6, 6.07) is 0. The minimum Gasteiger partial charge on any atom is -0.499 e. The number of ether oxygens (including phenoxy) is 4. The van der Waals surface area contributed by atoms with E-state index < -0.39 is 15.7 Å². The molecule has 0 radical (unpaired) electrons. The first-order valence-electron chi connectivity index (χ1n) is 6.60. The van der Waals surface area contributed by atoms with Gasteiger partial charge in [0.25, 0.3) is 5.79 Å². The molecule has 0 aromatic heterocycles. The second kappa shape index (κ2) is 5.60. The zero-order chi connectivity index (χ0) is 16.1. The highest BCUT2D eigenvalue weighted by atomic mass is 79.9. The Labute approximate surface area is 141 Å². The summed E-state index contributed by atoms with van der Waals surface area (Å²) in [6.45, 7) is 3.80. The Hall–Kier alpha value is 0.0500. The molecule has 0 aromatic rings. The molecule has 2 rings (SSSR count). The Bertz CT molecular complexity index is 490. The molecule has 0 aromatic carbocycles. The lowest BCUT2D eigenvalue weighted by atomic mass is 9.80. The zero-order valence-electron chi connectivity index (χ0n) is 12.8. The van der Waals surface area contributed by atoms with Crippen LogP contribution in [0.4, 0.5) is 0 Å². The average Bonchev–Trinajstić information content (AvgIpc) is 2.77. The lowest BCUT2D eigenvalue weighted by Gasteiger charge is -2.38. The molecular formula is C14H20Br2O5. The van der Waals surface area contributed by atoms with Gasteiger partial charge < -0.3 is 18.9 Å². The third-order valence-corrected chi connectivity index (χ3v) is 6.42. The molecule has 3 atom stereocenters. The minimum absolute atomic E-state index is 0.0184. The van der Waals surface area contributed by atoms with E-state index in [1.165, 1.54) is 14.2 Å². The maximum atomic E-state index is 12.7. The normalized spacial score (nSPS) is 37.8. The van der Waals surface area contributed by atoms with Gasteiger partial charge in [0.1, 0.15) is 12.4 Å². The van der Waals surface area contributed by atoms with Gasteiger partial charge in [-0.05, 0) is 20.3 Å². The Balaban J connectivity index is 2.63. The third kappa shape index (κ3) is 2.16. The second-order valence-corrected chi connectivity index (χ2v) is 8.00. The SMILES string of the molecule is COCC(=O)[C@@]1(OC)OC(C)(C)[C@H]2CC(Br)=C(OC)[C@]21Br. The van der Waals surface area contributed by atoms with E-state index in [9.17, 15) is 4.79 Å². The standard InChI is InChI=1S/C14H20Br2O5/c1-12(2)9-6-8(15)11(19-4)13(9,16)14(20-5,21-12)10(17)7-18-3/h9H,6-7H2,1-5H3/t9-,13-,14-/m1/s1. The van der Waals surface area contributed by atoms with Crippen LogP contribution in [-0.2, 0) is 23.7 Å². The molecule has 7 heteroatoms. The van der Waals surface area contributed by atoms with Crippen LogP contribution in [0.3, 0.4) is 0 Å². The van der Waals surface area contributed by atoms with Crippen molar-refractivity contribution in [3.8, 4) is 0 Å². The van der Waals surface area contributed by atoms with Gasteiger partial charge in [-0.25, -0.2) is 0 Å². The van der Waals surface area contributed by atoms with Crippen molar-refractivity contribution in [3.63, 3.8) is 0 Å². The smallest absolute Gasteiger partial charge is 0.255 e. The predicted molar refractivity (Wildman–Crippen MR) is 84.5 cm³/mol. The van der Waals surface area contributed by atoms with Crippen molar-refractivity contribution in [1.82, 2.24) is 0 Å². The van der Waals surface area contributed by atoms with E-state index in [1.54, 1.807) is 7.11 Å². The predicted octanol–water partition coefficient (Wildman–Crippen LogP) is 2.76. The number of hydrogen-bond acceptors (Lipinski definition) is 5. The summed E-state index contributed by atoms with van der Waals surface area (Å²) in [7, 11) is 4.51. The molecule has 0 bridgehead atoms. The number of rotatable bonds is 5. The lowest BCUT2D eigenvalue weighted by Crippen LogP contribution is -2.58. The van der Waals surface area contributed by atoms with Gasteiger partial charge in [-0.2, -0.15) is 0 Å². The first-order valence-corrected chi connectivity index (χ1v) is 8.19. The first-order chi connectivity index (χ1) is 9.71. The molecule has 5 nitrogen and oxygen atoms in total. The minimum atomic E-state index is -1.49. The van der Waals surface area contributed by atoms with E-state index in [-0.39, 0.29) is 18.3 Å². The number of ketones is 1. The fraction of sp³-hybridized carbons (Fsp3) is 0.786. The number of allylic oxidation sites excluding steroid dienone is 1. The van der Waals surface area contributed by atoms with Crippen molar-refractivity contribution in [2.75, 3.05) is 27.9 Å². The van der Waals surface area contributed by atoms with Gasteiger partial charge in [0, 0.05) is 24.6 Å². The number of carbonyl (C=O) groups is 1. The molecule has 1 saturated heterocycles. The van der Waals surface area contributed by atoms with Crippen LogP contribution in [-0.4, -0.2) is 49.4 Å². The number of carbonyl (C=O) groups excluding carboxylic acids is 1. The summed E-state index contributed by atoms with van der Waals surface area (Å²) in [4.78, 5) is 12.7. The molecule has 0 saturated carbocycles. The van der Waals surface area contributed by atoms with Gasteiger partial charge in [0.05, 0.1) is 12.7 Å². The van der Waals surface area contributed by atoms with Gasteiger partial charge >= 0.3 is 0 Å².